The molecule has 5 N–H and O–H groups in total. The molecule has 0 aromatic heterocycles. The summed E-state index contributed by atoms with van der Waals surface area (Å²) in [5, 5.41) is 2.22. The van der Waals surface area contributed by atoms with Crippen LogP contribution < -0.4 is 16.8 Å². The van der Waals surface area contributed by atoms with E-state index < -0.39 is 17.6 Å². The summed E-state index contributed by atoms with van der Waals surface area (Å²) in [4.78, 5) is 21.7. The molecular weight excluding hydrogens is 201 g/mol. The molecule has 0 unspecified atom stereocenters. The van der Waals surface area contributed by atoms with Crippen molar-refractivity contribution in [2.45, 2.75) is 0 Å². The molecule has 0 saturated heterocycles. The van der Waals surface area contributed by atoms with Crippen molar-refractivity contribution in [3.8, 4) is 0 Å². The molecule has 0 spiro atoms. The average Bonchev–Trinajstić information content (AvgIpc) is 2.18. The topological polar surface area (TPSA) is 98.2 Å². The van der Waals surface area contributed by atoms with Gasteiger partial charge in [-0.2, -0.15) is 0 Å². The Morgan fingerprint density at radius 2 is 2.07 bits per heavy atom. The maximum atomic E-state index is 12.9. The lowest BCUT2D eigenvalue weighted by molar-refractivity contribution is -0.117. The van der Waals surface area contributed by atoms with Gasteiger partial charge in [-0.25, -0.2) is 4.39 Å². The Kier molecular flexibility index (Phi) is 3.22. The molecule has 15 heavy (non-hydrogen) atoms. The van der Waals surface area contributed by atoms with Gasteiger partial charge in [-0.05, 0) is 18.2 Å². The standard InChI is InChI=1S/C9H10FN3O2/c10-6-3-5(1-2-7(6)11)9(15)13-4-8(12)14/h1-3H,4,11H2,(H2,12,14)(H,13,15). The molecule has 0 heterocycles. The van der Waals surface area contributed by atoms with Crippen LogP contribution in [0.2, 0.25) is 0 Å². The number of carbonyl (C=O) groups excluding carboxylic acids is 2. The summed E-state index contributed by atoms with van der Waals surface area (Å²) in [6.07, 6.45) is 0. The van der Waals surface area contributed by atoms with Crippen molar-refractivity contribution >= 4 is 17.5 Å². The monoisotopic (exact) mass is 211 g/mol. The number of halogens is 1. The predicted octanol–water partition coefficient (Wildman–Crippen LogP) is -0.377. The van der Waals surface area contributed by atoms with Gasteiger partial charge in [-0.15, -0.1) is 0 Å². The van der Waals surface area contributed by atoms with Gasteiger partial charge in [0.15, 0.2) is 0 Å². The number of hydrogen-bond acceptors (Lipinski definition) is 3. The lowest BCUT2D eigenvalue weighted by Crippen LogP contribution is -2.33. The number of nitrogen functional groups attached to an aromatic ring is 1. The zero-order chi connectivity index (χ0) is 11.4. The van der Waals surface area contributed by atoms with Gasteiger partial charge in [0.2, 0.25) is 5.91 Å². The Morgan fingerprint density at radius 3 is 2.60 bits per heavy atom. The van der Waals surface area contributed by atoms with Gasteiger partial charge >= 0.3 is 0 Å². The summed E-state index contributed by atoms with van der Waals surface area (Å²) in [6.45, 7) is -0.287. The van der Waals surface area contributed by atoms with Gasteiger partial charge in [-0.1, -0.05) is 0 Å². The highest BCUT2D eigenvalue weighted by molar-refractivity contribution is 5.96. The third-order valence-corrected chi connectivity index (χ3v) is 1.69. The number of anilines is 1. The molecule has 1 aromatic rings. The summed E-state index contributed by atoms with van der Waals surface area (Å²) >= 11 is 0. The molecule has 0 bridgehead atoms. The Labute approximate surface area is 85.2 Å². The first-order valence-electron chi connectivity index (χ1n) is 4.12. The molecule has 0 atom stereocenters. The minimum atomic E-state index is -0.679. The van der Waals surface area contributed by atoms with E-state index in [0.29, 0.717) is 0 Å². The van der Waals surface area contributed by atoms with Crippen LogP contribution >= 0.6 is 0 Å². The van der Waals surface area contributed by atoms with Crippen molar-refractivity contribution in [2.75, 3.05) is 12.3 Å². The highest BCUT2D eigenvalue weighted by Crippen LogP contribution is 2.11. The van der Waals surface area contributed by atoms with E-state index in [0.717, 1.165) is 6.07 Å². The van der Waals surface area contributed by atoms with Gasteiger partial charge < -0.3 is 16.8 Å². The SMILES string of the molecule is NC(=O)CNC(=O)c1ccc(N)c(F)c1. The number of nitrogens with two attached hydrogens (primary N) is 2. The van der Waals surface area contributed by atoms with E-state index in [4.69, 9.17) is 11.5 Å². The van der Waals surface area contributed by atoms with Gasteiger partial charge in [0.25, 0.3) is 5.91 Å². The van der Waals surface area contributed by atoms with Crippen molar-refractivity contribution in [2.24, 2.45) is 5.73 Å². The minimum absolute atomic E-state index is 0.0403. The first-order chi connectivity index (χ1) is 7.00. The number of carbonyl (C=O) groups is 2. The predicted molar refractivity (Wildman–Crippen MR) is 52.3 cm³/mol. The van der Waals surface area contributed by atoms with Gasteiger partial charge in [0.05, 0.1) is 12.2 Å². The average molecular weight is 211 g/mol. The van der Waals surface area contributed by atoms with Crippen molar-refractivity contribution in [1.29, 1.82) is 0 Å². The highest BCUT2D eigenvalue weighted by Gasteiger charge is 2.08. The van der Waals surface area contributed by atoms with Gasteiger partial charge in [0, 0.05) is 5.56 Å². The molecule has 0 saturated carbocycles. The second kappa shape index (κ2) is 4.41. The van der Waals surface area contributed by atoms with E-state index in [2.05, 4.69) is 5.32 Å². The number of rotatable bonds is 3. The van der Waals surface area contributed by atoms with Crippen molar-refractivity contribution in [3.05, 3.63) is 29.6 Å². The molecule has 0 aliphatic carbocycles. The van der Waals surface area contributed by atoms with E-state index in [1.54, 1.807) is 0 Å². The Bertz CT molecular complexity index is 406. The maximum absolute atomic E-state index is 12.9. The fraction of sp³-hybridized carbons (Fsp3) is 0.111. The highest BCUT2D eigenvalue weighted by atomic mass is 19.1. The van der Waals surface area contributed by atoms with E-state index in [-0.39, 0.29) is 17.8 Å². The number of nitrogens with one attached hydrogen (secondary N) is 1. The molecule has 2 amide bonds. The number of hydrogen-bond donors (Lipinski definition) is 3. The summed E-state index contributed by atoms with van der Waals surface area (Å²) in [7, 11) is 0. The van der Waals surface area contributed by atoms with Gasteiger partial charge in [0.1, 0.15) is 5.82 Å². The largest absolute Gasteiger partial charge is 0.396 e. The van der Waals surface area contributed by atoms with Crippen LogP contribution in [0.5, 0.6) is 0 Å². The van der Waals surface area contributed by atoms with Crippen LogP contribution in [-0.4, -0.2) is 18.4 Å². The van der Waals surface area contributed by atoms with Crippen LogP contribution in [0, 0.1) is 5.82 Å². The zero-order valence-electron chi connectivity index (χ0n) is 7.79. The fourth-order valence-corrected chi connectivity index (χ4v) is 0.938. The molecule has 6 heteroatoms. The zero-order valence-corrected chi connectivity index (χ0v) is 7.79. The van der Waals surface area contributed by atoms with E-state index in [1.807, 2.05) is 0 Å². The van der Waals surface area contributed by atoms with Crippen LogP contribution in [0.15, 0.2) is 18.2 Å². The van der Waals surface area contributed by atoms with Crippen molar-refractivity contribution in [1.82, 2.24) is 5.32 Å². The molecule has 1 rings (SSSR count). The molecule has 5 nitrogen and oxygen atoms in total. The number of benzene rings is 1. The third kappa shape index (κ3) is 2.94. The summed E-state index contributed by atoms with van der Waals surface area (Å²) in [5.74, 6) is -1.92. The second-order valence-electron chi connectivity index (χ2n) is 2.89. The number of amides is 2. The lowest BCUT2D eigenvalue weighted by Gasteiger charge is -2.03. The van der Waals surface area contributed by atoms with Crippen LogP contribution in [0.4, 0.5) is 10.1 Å². The molecule has 80 valence electrons. The van der Waals surface area contributed by atoms with E-state index in [1.165, 1.54) is 12.1 Å². The smallest absolute Gasteiger partial charge is 0.251 e. The van der Waals surface area contributed by atoms with E-state index in [9.17, 15) is 14.0 Å². The first-order valence-corrected chi connectivity index (χ1v) is 4.12. The lowest BCUT2D eigenvalue weighted by atomic mass is 10.2. The van der Waals surface area contributed by atoms with Crippen LogP contribution in [-0.2, 0) is 4.79 Å². The maximum Gasteiger partial charge on any atom is 0.251 e. The van der Waals surface area contributed by atoms with Crippen molar-refractivity contribution in [3.63, 3.8) is 0 Å². The molecule has 0 radical (unpaired) electrons. The normalized spacial score (nSPS) is 9.67. The van der Waals surface area contributed by atoms with Gasteiger partial charge in [-0.3, -0.25) is 9.59 Å². The summed E-state index contributed by atoms with van der Waals surface area (Å²) < 4.78 is 12.9. The second-order valence-corrected chi connectivity index (χ2v) is 2.89. The van der Waals surface area contributed by atoms with Crippen LogP contribution in [0.25, 0.3) is 0 Å². The summed E-state index contributed by atoms with van der Waals surface area (Å²) in [5.41, 5.74) is 10.1. The molecule has 0 aliphatic rings. The molecular formula is C9H10FN3O2. The fourth-order valence-electron chi connectivity index (χ4n) is 0.938. The van der Waals surface area contributed by atoms with E-state index >= 15 is 0 Å². The number of primary amides is 1. The molecule has 0 aliphatic heterocycles. The Morgan fingerprint density at radius 1 is 1.40 bits per heavy atom. The van der Waals surface area contributed by atoms with Crippen LogP contribution in [0.3, 0.4) is 0 Å². The van der Waals surface area contributed by atoms with Crippen LogP contribution in [0.1, 0.15) is 10.4 Å². The Balaban J connectivity index is 2.74. The third-order valence-electron chi connectivity index (χ3n) is 1.69. The minimum Gasteiger partial charge on any atom is -0.396 e. The quantitative estimate of drug-likeness (QED) is 0.594. The molecule has 0 fully saturated rings. The molecule has 1 aromatic carbocycles. The summed E-state index contributed by atoms with van der Waals surface area (Å²) in [6, 6.07) is 3.62. The van der Waals surface area contributed by atoms with Crippen molar-refractivity contribution < 1.29 is 14.0 Å². The first kappa shape index (κ1) is 11.0. The Hall–Kier alpha value is -2.11.